The van der Waals surface area contributed by atoms with Crippen molar-refractivity contribution in [1.82, 2.24) is 24.4 Å². The van der Waals surface area contributed by atoms with Gasteiger partial charge in [0.1, 0.15) is 11.5 Å². The minimum Gasteiger partial charge on any atom is -0.493 e. The lowest BCUT2D eigenvalue weighted by atomic mass is 10.1. The molecular formula is C31H24FN5O3S. The maximum Gasteiger partial charge on any atom is 0.291 e. The van der Waals surface area contributed by atoms with Crippen molar-refractivity contribution < 1.29 is 13.9 Å². The van der Waals surface area contributed by atoms with Crippen LogP contribution in [0.5, 0.6) is 11.5 Å². The number of halogens is 1. The minimum atomic E-state index is -0.333. The number of rotatable bonds is 8. The summed E-state index contributed by atoms with van der Waals surface area (Å²) in [4.78, 5) is 18.3. The van der Waals surface area contributed by atoms with Gasteiger partial charge in [0.05, 0.1) is 23.9 Å². The first-order valence-corrected chi connectivity index (χ1v) is 13.7. The first kappa shape index (κ1) is 26.1. The van der Waals surface area contributed by atoms with Crippen molar-refractivity contribution in [2.45, 2.75) is 6.92 Å². The number of methoxy groups -OCH3 is 1. The summed E-state index contributed by atoms with van der Waals surface area (Å²) in [6, 6.07) is 21.4. The van der Waals surface area contributed by atoms with E-state index in [0.717, 1.165) is 16.8 Å². The highest BCUT2D eigenvalue weighted by Gasteiger charge is 2.14. The summed E-state index contributed by atoms with van der Waals surface area (Å²) in [6.45, 7) is 2.46. The Morgan fingerprint density at radius 2 is 1.78 bits per heavy atom. The Hall–Kier alpha value is -5.09. The number of nitrogens with zero attached hydrogens (tertiary/aromatic N) is 5. The van der Waals surface area contributed by atoms with Gasteiger partial charge in [0.15, 0.2) is 17.3 Å². The number of benzene rings is 3. The summed E-state index contributed by atoms with van der Waals surface area (Å²) >= 11 is 1.24. The molecule has 204 valence electrons. The lowest BCUT2D eigenvalue weighted by Crippen LogP contribution is -2.23. The Bertz CT molecular complexity index is 1980. The second kappa shape index (κ2) is 11.2. The van der Waals surface area contributed by atoms with Crippen LogP contribution in [0.1, 0.15) is 23.9 Å². The third kappa shape index (κ3) is 5.37. The molecule has 0 fully saturated rings. The summed E-state index contributed by atoms with van der Waals surface area (Å²) < 4.78 is 28.1. The molecule has 3 aromatic heterocycles. The number of fused-ring (bicyclic) bond motifs is 1. The van der Waals surface area contributed by atoms with E-state index in [1.165, 1.54) is 28.0 Å². The van der Waals surface area contributed by atoms with Crippen molar-refractivity contribution in [3.05, 3.63) is 117 Å². The van der Waals surface area contributed by atoms with E-state index < -0.39 is 0 Å². The molecule has 3 heterocycles. The van der Waals surface area contributed by atoms with Crippen LogP contribution >= 0.6 is 11.3 Å². The fraction of sp³-hybridized carbons (Fsp3) is 0.0968. The first-order chi connectivity index (χ1) is 20.0. The highest BCUT2D eigenvalue weighted by molar-refractivity contribution is 7.15. The summed E-state index contributed by atoms with van der Waals surface area (Å²) in [6.07, 6.45) is 7.22. The van der Waals surface area contributed by atoms with E-state index in [-0.39, 0.29) is 11.4 Å². The van der Waals surface area contributed by atoms with Crippen molar-refractivity contribution in [1.29, 1.82) is 0 Å². The van der Waals surface area contributed by atoms with Crippen molar-refractivity contribution in [2.24, 2.45) is 0 Å². The van der Waals surface area contributed by atoms with Gasteiger partial charge in [-0.05, 0) is 73.2 Å². The zero-order valence-electron chi connectivity index (χ0n) is 22.2. The predicted molar refractivity (Wildman–Crippen MR) is 158 cm³/mol. The van der Waals surface area contributed by atoms with Crippen LogP contribution in [-0.2, 0) is 0 Å². The van der Waals surface area contributed by atoms with Gasteiger partial charge in [0.25, 0.3) is 5.56 Å². The topological polar surface area (TPSA) is 83.5 Å². The van der Waals surface area contributed by atoms with Gasteiger partial charge in [-0.15, -0.1) is 5.10 Å². The molecule has 0 atom stereocenters. The average molecular weight is 566 g/mol. The first-order valence-electron chi connectivity index (χ1n) is 12.8. The monoisotopic (exact) mass is 565 g/mol. The van der Waals surface area contributed by atoms with Crippen LogP contribution in [0, 0.1) is 5.82 Å². The largest absolute Gasteiger partial charge is 0.493 e. The van der Waals surface area contributed by atoms with E-state index in [1.54, 1.807) is 36.1 Å². The van der Waals surface area contributed by atoms with Crippen LogP contribution in [0.25, 0.3) is 40.1 Å². The van der Waals surface area contributed by atoms with E-state index in [2.05, 4.69) is 10.1 Å². The maximum absolute atomic E-state index is 13.6. The fourth-order valence-electron chi connectivity index (χ4n) is 4.33. The Labute approximate surface area is 238 Å². The molecule has 0 unspecified atom stereocenters. The number of hydrogen-bond acceptors (Lipinski definition) is 7. The number of para-hydroxylation sites is 1. The van der Waals surface area contributed by atoms with E-state index >= 15 is 0 Å². The number of thiazole rings is 1. The van der Waals surface area contributed by atoms with E-state index in [4.69, 9.17) is 14.6 Å². The van der Waals surface area contributed by atoms with Crippen LogP contribution in [0.15, 0.2) is 83.8 Å². The summed E-state index contributed by atoms with van der Waals surface area (Å²) in [7, 11) is 1.59. The third-order valence-corrected chi connectivity index (χ3v) is 7.24. The lowest BCUT2D eigenvalue weighted by molar-refractivity contribution is 0.311. The standard InChI is InChI=1S/C31H24FN5O3S/c1-3-40-25-15-9-20(17-26(25)39-2)10-16-28-33-31-37(34-28)30(38)27(41-31)18-22-19-36(24-7-5-4-6-8-24)35-29(22)21-11-13-23(32)14-12-21/h4-19H,3H2,1-2H3/b16-10+,27-18-. The smallest absolute Gasteiger partial charge is 0.291 e. The molecule has 10 heteroatoms. The van der Waals surface area contributed by atoms with E-state index in [9.17, 15) is 9.18 Å². The second-order valence-corrected chi connectivity index (χ2v) is 9.99. The molecule has 0 aliphatic carbocycles. The van der Waals surface area contributed by atoms with Gasteiger partial charge in [-0.3, -0.25) is 4.79 Å². The molecule has 3 aromatic carbocycles. The van der Waals surface area contributed by atoms with Crippen LogP contribution in [0.3, 0.4) is 0 Å². The molecular weight excluding hydrogens is 541 g/mol. The second-order valence-electron chi connectivity index (χ2n) is 8.98. The van der Waals surface area contributed by atoms with E-state index in [0.29, 0.717) is 44.7 Å². The van der Waals surface area contributed by atoms with Gasteiger partial charge in [-0.2, -0.15) is 14.6 Å². The van der Waals surface area contributed by atoms with Gasteiger partial charge in [-0.1, -0.05) is 41.7 Å². The molecule has 0 aliphatic heterocycles. The highest BCUT2D eigenvalue weighted by atomic mass is 32.1. The molecule has 0 saturated carbocycles. The molecule has 0 amide bonds. The fourth-order valence-corrected chi connectivity index (χ4v) is 5.24. The molecule has 6 rings (SSSR count). The van der Waals surface area contributed by atoms with Gasteiger partial charge >= 0.3 is 0 Å². The highest BCUT2D eigenvalue weighted by Crippen LogP contribution is 2.29. The van der Waals surface area contributed by atoms with Gasteiger partial charge in [-0.25, -0.2) is 9.07 Å². The van der Waals surface area contributed by atoms with Crippen LogP contribution in [0.2, 0.25) is 0 Å². The molecule has 0 saturated heterocycles. The average Bonchev–Trinajstić information content (AvgIpc) is 3.68. The Kier molecular flexibility index (Phi) is 7.13. The third-order valence-electron chi connectivity index (χ3n) is 6.28. The number of aromatic nitrogens is 5. The SMILES string of the molecule is CCOc1ccc(/C=C/c2nc3s/c(=C\c4cn(-c5ccccc5)nc4-c4ccc(F)cc4)c(=O)n3n2)cc1OC. The molecule has 6 aromatic rings. The molecule has 8 nitrogen and oxygen atoms in total. The lowest BCUT2D eigenvalue weighted by Gasteiger charge is -2.09. The van der Waals surface area contributed by atoms with Gasteiger partial charge < -0.3 is 9.47 Å². The Balaban J connectivity index is 1.35. The maximum atomic E-state index is 13.6. The zero-order valence-corrected chi connectivity index (χ0v) is 23.0. The van der Waals surface area contributed by atoms with Crippen molar-refractivity contribution in [2.75, 3.05) is 13.7 Å². The summed E-state index contributed by atoms with van der Waals surface area (Å²) in [5.41, 5.74) is 3.54. The van der Waals surface area contributed by atoms with Crippen LogP contribution in [0.4, 0.5) is 4.39 Å². The molecule has 0 radical (unpaired) electrons. The molecule has 41 heavy (non-hydrogen) atoms. The van der Waals surface area contributed by atoms with Crippen LogP contribution < -0.4 is 19.6 Å². The predicted octanol–water partition coefficient (Wildman–Crippen LogP) is 5.27. The number of ether oxygens (including phenoxy) is 2. The van der Waals surface area contributed by atoms with Gasteiger partial charge in [0.2, 0.25) is 4.96 Å². The normalized spacial score (nSPS) is 12.0. The van der Waals surface area contributed by atoms with E-state index in [1.807, 2.05) is 67.7 Å². The Morgan fingerprint density at radius 1 is 0.976 bits per heavy atom. The quantitative estimate of drug-likeness (QED) is 0.250. The Morgan fingerprint density at radius 3 is 2.51 bits per heavy atom. The number of hydrogen-bond donors (Lipinski definition) is 0. The summed E-state index contributed by atoms with van der Waals surface area (Å²) in [5.74, 6) is 1.38. The molecule has 0 spiro atoms. The van der Waals surface area contributed by atoms with Crippen molar-refractivity contribution in [3.8, 4) is 28.4 Å². The zero-order chi connectivity index (χ0) is 28.3. The van der Waals surface area contributed by atoms with Crippen LogP contribution in [-0.4, -0.2) is 38.1 Å². The van der Waals surface area contributed by atoms with Crippen molar-refractivity contribution in [3.63, 3.8) is 0 Å². The van der Waals surface area contributed by atoms with Crippen molar-refractivity contribution >= 4 is 34.5 Å². The molecule has 0 bridgehead atoms. The van der Waals surface area contributed by atoms with Gasteiger partial charge in [0, 0.05) is 17.3 Å². The summed E-state index contributed by atoms with van der Waals surface area (Å²) in [5, 5.41) is 9.15. The minimum absolute atomic E-state index is 0.280. The molecule has 0 aliphatic rings. The molecule has 0 N–H and O–H groups in total.